The second-order valence-electron chi connectivity index (χ2n) is 2.04. The molecule has 1 aromatic heterocycles. The molecule has 0 aliphatic heterocycles. The van der Waals surface area contributed by atoms with Gasteiger partial charge in [-0.15, -0.1) is 0 Å². The van der Waals surface area contributed by atoms with Gasteiger partial charge in [-0.3, -0.25) is 4.79 Å². The Hall–Kier alpha value is -0.830. The van der Waals surface area contributed by atoms with Crippen molar-refractivity contribution >= 4 is 11.6 Å². The van der Waals surface area contributed by atoms with E-state index in [0.717, 1.165) is 0 Å². The van der Waals surface area contributed by atoms with Crippen LogP contribution in [0.2, 0.25) is 5.02 Å². The lowest BCUT2D eigenvalue weighted by atomic mass is 10.4. The van der Waals surface area contributed by atoms with Crippen LogP contribution in [-0.4, -0.2) is 9.78 Å². The van der Waals surface area contributed by atoms with E-state index in [0.29, 0.717) is 10.7 Å². The van der Waals surface area contributed by atoms with Crippen molar-refractivity contribution in [2.24, 2.45) is 7.05 Å². The summed E-state index contributed by atoms with van der Waals surface area (Å²) in [5.74, 6) is 0. The van der Waals surface area contributed by atoms with Gasteiger partial charge in [-0.25, -0.2) is 4.68 Å². The topological polar surface area (TPSA) is 34.9 Å². The summed E-state index contributed by atoms with van der Waals surface area (Å²) in [5, 5.41) is 4.26. The largest absolute Gasteiger partial charge is 0.268 e. The summed E-state index contributed by atoms with van der Waals surface area (Å²) >= 11 is 5.61. The molecule has 0 amide bonds. The Kier molecular flexibility index (Phi) is 1.76. The van der Waals surface area contributed by atoms with E-state index in [2.05, 4.69) is 5.10 Å². The lowest BCUT2D eigenvalue weighted by Gasteiger charge is -1.97. The predicted molar refractivity (Wildman–Crippen MR) is 39.2 cm³/mol. The second-order valence-corrected chi connectivity index (χ2v) is 2.45. The quantitative estimate of drug-likeness (QED) is 0.558. The molecule has 0 aliphatic carbocycles. The van der Waals surface area contributed by atoms with Crippen molar-refractivity contribution in [1.82, 2.24) is 9.78 Å². The van der Waals surface area contributed by atoms with Crippen molar-refractivity contribution < 1.29 is 0 Å². The summed E-state index contributed by atoms with van der Waals surface area (Å²) < 4.78 is 1.25. The number of hydrogen-bond acceptors (Lipinski definition) is 2. The molecule has 1 aromatic rings. The minimum absolute atomic E-state index is 0.185. The van der Waals surface area contributed by atoms with Gasteiger partial charge in [-0.1, -0.05) is 11.6 Å². The second kappa shape index (κ2) is 2.42. The first-order chi connectivity index (χ1) is 4.61. The number of aryl methyl sites for hydroxylation is 2. The van der Waals surface area contributed by atoms with Gasteiger partial charge in [0.05, 0.1) is 10.7 Å². The molecule has 0 saturated carbocycles. The maximum absolute atomic E-state index is 10.8. The average Bonchev–Trinajstić information content (AvgIpc) is 1.84. The summed E-state index contributed by atoms with van der Waals surface area (Å²) in [5.41, 5.74) is 0.486. The Bertz CT molecular complexity index is 305. The molecule has 0 N–H and O–H groups in total. The molecule has 0 bridgehead atoms. The molecule has 0 aliphatic rings. The lowest BCUT2D eigenvalue weighted by Crippen LogP contribution is -2.18. The fourth-order valence-corrected chi connectivity index (χ4v) is 0.759. The van der Waals surface area contributed by atoms with E-state index in [-0.39, 0.29) is 5.56 Å². The Morgan fingerprint density at radius 2 is 2.30 bits per heavy atom. The normalized spacial score (nSPS) is 9.90. The minimum Gasteiger partial charge on any atom is -0.268 e. The SMILES string of the molecule is Cc1nn(C)c(=O)cc1Cl. The summed E-state index contributed by atoms with van der Waals surface area (Å²) in [7, 11) is 1.59. The molecular formula is C6H7ClN2O. The molecule has 4 heteroatoms. The fraction of sp³-hybridized carbons (Fsp3) is 0.333. The summed E-state index contributed by atoms with van der Waals surface area (Å²) in [6, 6.07) is 1.35. The third kappa shape index (κ3) is 1.19. The number of hydrogen-bond donors (Lipinski definition) is 0. The van der Waals surface area contributed by atoms with Crippen molar-refractivity contribution in [2.45, 2.75) is 6.92 Å². The van der Waals surface area contributed by atoms with Crippen molar-refractivity contribution in [2.75, 3.05) is 0 Å². The third-order valence-corrected chi connectivity index (χ3v) is 1.60. The monoisotopic (exact) mass is 158 g/mol. The lowest BCUT2D eigenvalue weighted by molar-refractivity contribution is 0.693. The van der Waals surface area contributed by atoms with E-state index in [9.17, 15) is 4.79 Å². The first-order valence-electron chi connectivity index (χ1n) is 2.81. The maximum atomic E-state index is 10.8. The average molecular weight is 159 g/mol. The van der Waals surface area contributed by atoms with Gasteiger partial charge in [0, 0.05) is 13.1 Å². The van der Waals surface area contributed by atoms with E-state index in [1.54, 1.807) is 14.0 Å². The van der Waals surface area contributed by atoms with Crippen LogP contribution in [0.15, 0.2) is 10.9 Å². The number of rotatable bonds is 0. The first-order valence-corrected chi connectivity index (χ1v) is 3.19. The smallest absolute Gasteiger partial charge is 0.267 e. The molecule has 0 aromatic carbocycles. The van der Waals surface area contributed by atoms with Gasteiger partial charge < -0.3 is 0 Å². The van der Waals surface area contributed by atoms with Gasteiger partial charge in [0.25, 0.3) is 5.56 Å². The van der Waals surface area contributed by atoms with Crippen molar-refractivity contribution in [3.05, 3.63) is 27.1 Å². The first kappa shape index (κ1) is 7.28. The molecule has 0 atom stereocenters. The highest BCUT2D eigenvalue weighted by Crippen LogP contribution is 2.06. The van der Waals surface area contributed by atoms with Crippen molar-refractivity contribution in [3.8, 4) is 0 Å². The third-order valence-electron chi connectivity index (χ3n) is 1.21. The highest BCUT2D eigenvalue weighted by molar-refractivity contribution is 6.31. The van der Waals surface area contributed by atoms with Gasteiger partial charge in [0.1, 0.15) is 0 Å². The van der Waals surface area contributed by atoms with E-state index in [1.165, 1.54) is 10.7 Å². The van der Waals surface area contributed by atoms with E-state index >= 15 is 0 Å². The van der Waals surface area contributed by atoms with Crippen LogP contribution in [0.25, 0.3) is 0 Å². The zero-order chi connectivity index (χ0) is 7.72. The molecule has 0 unspecified atom stereocenters. The van der Waals surface area contributed by atoms with Crippen LogP contribution in [0.4, 0.5) is 0 Å². The van der Waals surface area contributed by atoms with Gasteiger partial charge >= 0.3 is 0 Å². The van der Waals surface area contributed by atoms with Crippen LogP contribution in [0.1, 0.15) is 5.69 Å². The Balaban J connectivity index is 3.43. The predicted octanol–water partition coefficient (Wildman–Crippen LogP) is 0.742. The molecular weight excluding hydrogens is 152 g/mol. The van der Waals surface area contributed by atoms with Gasteiger partial charge in [0.15, 0.2) is 0 Å². The zero-order valence-electron chi connectivity index (χ0n) is 5.76. The maximum Gasteiger partial charge on any atom is 0.267 e. The molecule has 3 nitrogen and oxygen atoms in total. The number of aromatic nitrogens is 2. The molecule has 0 fully saturated rings. The summed E-state index contributed by atoms with van der Waals surface area (Å²) in [6.45, 7) is 1.75. The van der Waals surface area contributed by atoms with Crippen LogP contribution in [0.3, 0.4) is 0 Å². The fourth-order valence-electron chi connectivity index (χ4n) is 0.628. The summed E-state index contributed by atoms with van der Waals surface area (Å²) in [4.78, 5) is 10.8. The van der Waals surface area contributed by atoms with Crippen LogP contribution in [0.5, 0.6) is 0 Å². The molecule has 0 radical (unpaired) electrons. The summed E-state index contributed by atoms with van der Waals surface area (Å²) in [6.07, 6.45) is 0. The molecule has 54 valence electrons. The minimum atomic E-state index is -0.185. The van der Waals surface area contributed by atoms with E-state index < -0.39 is 0 Å². The van der Waals surface area contributed by atoms with Crippen LogP contribution < -0.4 is 5.56 Å². The molecule has 0 spiro atoms. The van der Waals surface area contributed by atoms with Crippen molar-refractivity contribution in [1.29, 1.82) is 0 Å². The molecule has 1 rings (SSSR count). The molecule has 1 heterocycles. The van der Waals surface area contributed by atoms with Gasteiger partial charge in [-0.05, 0) is 6.92 Å². The van der Waals surface area contributed by atoms with E-state index in [1.807, 2.05) is 0 Å². The zero-order valence-corrected chi connectivity index (χ0v) is 6.51. The van der Waals surface area contributed by atoms with Crippen molar-refractivity contribution in [3.63, 3.8) is 0 Å². The molecule has 10 heavy (non-hydrogen) atoms. The van der Waals surface area contributed by atoms with Gasteiger partial charge in [-0.2, -0.15) is 5.10 Å². The van der Waals surface area contributed by atoms with Crippen LogP contribution in [0, 0.1) is 6.92 Å². The highest BCUT2D eigenvalue weighted by Gasteiger charge is 1.97. The molecule has 0 saturated heterocycles. The number of halogens is 1. The Morgan fingerprint density at radius 1 is 1.70 bits per heavy atom. The number of nitrogens with zero attached hydrogens (tertiary/aromatic N) is 2. The highest BCUT2D eigenvalue weighted by atomic mass is 35.5. The Labute approximate surface area is 63.2 Å². The van der Waals surface area contributed by atoms with Crippen LogP contribution in [-0.2, 0) is 7.05 Å². The van der Waals surface area contributed by atoms with E-state index in [4.69, 9.17) is 11.6 Å². The Morgan fingerprint density at radius 3 is 2.80 bits per heavy atom. The standard InChI is InChI=1S/C6H7ClN2O/c1-4-5(7)3-6(10)9(2)8-4/h3H,1-2H3. The van der Waals surface area contributed by atoms with Crippen LogP contribution >= 0.6 is 11.6 Å². The van der Waals surface area contributed by atoms with Gasteiger partial charge in [0.2, 0.25) is 0 Å².